The van der Waals surface area contributed by atoms with Crippen LogP contribution in [0.5, 0.6) is 5.75 Å². The standard InChI is InChI=1S/C17H20ClN5O2/c1-10-7-12(25-6-5-24-4)8-11(2)14(10)20-15-13-9-19-17(18)21-16(13)23(3)22-15/h7-9H,5-6H2,1-4H3,(H,20,22). The van der Waals surface area contributed by atoms with Crippen molar-refractivity contribution in [3.05, 3.63) is 34.7 Å². The molecule has 2 heterocycles. The number of hydrogen-bond acceptors (Lipinski definition) is 6. The lowest BCUT2D eigenvalue weighted by molar-refractivity contribution is 0.146. The maximum absolute atomic E-state index is 5.87. The predicted molar refractivity (Wildman–Crippen MR) is 97.9 cm³/mol. The van der Waals surface area contributed by atoms with E-state index in [4.69, 9.17) is 21.1 Å². The molecule has 1 N–H and O–H groups in total. The summed E-state index contributed by atoms with van der Waals surface area (Å²) in [6.45, 7) is 5.12. The normalized spacial score (nSPS) is 11.1. The van der Waals surface area contributed by atoms with E-state index < -0.39 is 0 Å². The van der Waals surface area contributed by atoms with E-state index in [0.717, 1.165) is 28.0 Å². The van der Waals surface area contributed by atoms with Crippen molar-refractivity contribution in [3.8, 4) is 5.75 Å². The van der Waals surface area contributed by atoms with Gasteiger partial charge in [0.25, 0.3) is 0 Å². The Kier molecular flexibility index (Phi) is 5.06. The Morgan fingerprint density at radius 3 is 2.60 bits per heavy atom. The van der Waals surface area contributed by atoms with Gasteiger partial charge in [-0.2, -0.15) is 10.1 Å². The number of ether oxygens (including phenoxy) is 2. The van der Waals surface area contributed by atoms with Crippen LogP contribution in [0.4, 0.5) is 11.5 Å². The minimum absolute atomic E-state index is 0.201. The van der Waals surface area contributed by atoms with Crippen molar-refractivity contribution < 1.29 is 9.47 Å². The molecule has 132 valence electrons. The lowest BCUT2D eigenvalue weighted by Crippen LogP contribution is -2.05. The molecule has 3 rings (SSSR count). The molecule has 8 heteroatoms. The van der Waals surface area contributed by atoms with Gasteiger partial charge in [-0.15, -0.1) is 0 Å². The summed E-state index contributed by atoms with van der Waals surface area (Å²) in [7, 11) is 3.48. The van der Waals surface area contributed by atoms with E-state index in [-0.39, 0.29) is 5.28 Å². The summed E-state index contributed by atoms with van der Waals surface area (Å²) < 4.78 is 12.4. The Bertz CT molecular complexity index is 886. The molecule has 0 bridgehead atoms. The van der Waals surface area contributed by atoms with E-state index in [1.807, 2.05) is 33.0 Å². The number of anilines is 2. The van der Waals surface area contributed by atoms with E-state index in [9.17, 15) is 0 Å². The van der Waals surface area contributed by atoms with Crippen LogP contribution in [0.3, 0.4) is 0 Å². The van der Waals surface area contributed by atoms with Crippen LogP contribution in [0.1, 0.15) is 11.1 Å². The van der Waals surface area contributed by atoms with Gasteiger partial charge < -0.3 is 14.8 Å². The first-order valence-electron chi connectivity index (χ1n) is 7.85. The Labute approximate surface area is 150 Å². The Morgan fingerprint density at radius 2 is 1.92 bits per heavy atom. The van der Waals surface area contributed by atoms with Crippen molar-refractivity contribution >= 4 is 34.1 Å². The smallest absolute Gasteiger partial charge is 0.224 e. The van der Waals surface area contributed by atoms with Gasteiger partial charge in [0.05, 0.1) is 12.0 Å². The number of nitrogens with one attached hydrogen (secondary N) is 1. The minimum atomic E-state index is 0.201. The SMILES string of the molecule is COCCOc1cc(C)c(Nc2nn(C)c3nc(Cl)ncc23)c(C)c1. The number of fused-ring (bicyclic) bond motifs is 1. The fourth-order valence-electron chi connectivity index (χ4n) is 2.67. The summed E-state index contributed by atoms with van der Waals surface area (Å²) in [5.41, 5.74) is 3.77. The highest BCUT2D eigenvalue weighted by atomic mass is 35.5. The molecule has 0 unspecified atom stereocenters. The Balaban J connectivity index is 1.91. The number of methoxy groups -OCH3 is 1. The lowest BCUT2D eigenvalue weighted by atomic mass is 10.1. The predicted octanol–water partition coefficient (Wildman–Crippen LogP) is 3.40. The van der Waals surface area contributed by atoms with Crippen LogP contribution in [0, 0.1) is 13.8 Å². The molecule has 0 radical (unpaired) electrons. The molecule has 0 fully saturated rings. The molecule has 0 saturated heterocycles. The minimum Gasteiger partial charge on any atom is -0.491 e. The highest BCUT2D eigenvalue weighted by molar-refractivity contribution is 6.28. The van der Waals surface area contributed by atoms with Crippen LogP contribution in [-0.2, 0) is 11.8 Å². The number of aromatic nitrogens is 4. The van der Waals surface area contributed by atoms with Crippen molar-refractivity contribution in [2.75, 3.05) is 25.6 Å². The van der Waals surface area contributed by atoms with E-state index >= 15 is 0 Å². The molecular weight excluding hydrogens is 342 g/mol. The van der Waals surface area contributed by atoms with E-state index in [1.54, 1.807) is 18.0 Å². The van der Waals surface area contributed by atoms with Gasteiger partial charge in [0.15, 0.2) is 11.5 Å². The van der Waals surface area contributed by atoms with E-state index in [0.29, 0.717) is 24.7 Å². The first kappa shape index (κ1) is 17.4. The fourth-order valence-corrected chi connectivity index (χ4v) is 2.80. The van der Waals surface area contributed by atoms with Crippen LogP contribution in [-0.4, -0.2) is 40.1 Å². The summed E-state index contributed by atoms with van der Waals surface area (Å²) >= 11 is 5.87. The third-order valence-corrected chi connectivity index (χ3v) is 4.04. The molecule has 0 aliphatic heterocycles. The third-order valence-electron chi connectivity index (χ3n) is 3.86. The quantitative estimate of drug-likeness (QED) is 0.535. The van der Waals surface area contributed by atoms with Crippen LogP contribution in [0.25, 0.3) is 11.0 Å². The number of benzene rings is 1. The zero-order chi connectivity index (χ0) is 18.0. The van der Waals surface area contributed by atoms with Gasteiger partial charge in [-0.05, 0) is 48.7 Å². The molecule has 0 atom stereocenters. The lowest BCUT2D eigenvalue weighted by Gasteiger charge is -2.14. The monoisotopic (exact) mass is 361 g/mol. The summed E-state index contributed by atoms with van der Waals surface area (Å²) in [5.74, 6) is 1.51. The number of aryl methyl sites for hydroxylation is 3. The van der Waals surface area contributed by atoms with Crippen LogP contribution in [0.15, 0.2) is 18.3 Å². The van der Waals surface area contributed by atoms with E-state index in [1.165, 1.54) is 0 Å². The van der Waals surface area contributed by atoms with Crippen molar-refractivity contribution in [2.45, 2.75) is 13.8 Å². The van der Waals surface area contributed by atoms with Gasteiger partial charge in [-0.1, -0.05) is 0 Å². The van der Waals surface area contributed by atoms with Crippen LogP contribution in [0.2, 0.25) is 5.28 Å². The van der Waals surface area contributed by atoms with Gasteiger partial charge in [0.1, 0.15) is 12.4 Å². The van der Waals surface area contributed by atoms with Gasteiger partial charge in [0.2, 0.25) is 5.28 Å². The number of rotatable bonds is 6. The maximum atomic E-state index is 5.87. The summed E-state index contributed by atoms with van der Waals surface area (Å²) in [5, 5.41) is 8.88. The van der Waals surface area contributed by atoms with Crippen molar-refractivity contribution in [3.63, 3.8) is 0 Å². The second-order valence-corrected chi connectivity index (χ2v) is 6.08. The number of hydrogen-bond donors (Lipinski definition) is 1. The second-order valence-electron chi connectivity index (χ2n) is 5.75. The molecule has 3 aromatic rings. The van der Waals surface area contributed by atoms with Crippen molar-refractivity contribution in [2.24, 2.45) is 7.05 Å². The number of halogens is 1. The van der Waals surface area contributed by atoms with Crippen molar-refractivity contribution in [1.82, 2.24) is 19.7 Å². The fraction of sp³-hybridized carbons (Fsp3) is 0.353. The van der Waals surface area contributed by atoms with Crippen LogP contribution < -0.4 is 10.1 Å². The van der Waals surface area contributed by atoms with Gasteiger partial charge in [-0.25, -0.2) is 9.67 Å². The molecule has 0 spiro atoms. The molecular formula is C17H20ClN5O2. The average Bonchev–Trinajstić information content (AvgIpc) is 2.87. The Morgan fingerprint density at radius 1 is 1.20 bits per heavy atom. The first-order valence-corrected chi connectivity index (χ1v) is 8.22. The highest BCUT2D eigenvalue weighted by Gasteiger charge is 2.14. The topological polar surface area (TPSA) is 74.1 Å². The number of nitrogens with zero attached hydrogens (tertiary/aromatic N) is 4. The van der Waals surface area contributed by atoms with Gasteiger partial charge in [-0.3, -0.25) is 0 Å². The molecule has 0 aliphatic rings. The summed E-state index contributed by atoms with van der Waals surface area (Å²) in [4.78, 5) is 8.27. The average molecular weight is 362 g/mol. The first-order chi connectivity index (χ1) is 12.0. The van der Waals surface area contributed by atoms with Gasteiger partial charge in [0, 0.05) is 26.0 Å². The van der Waals surface area contributed by atoms with Crippen molar-refractivity contribution in [1.29, 1.82) is 0 Å². The summed E-state index contributed by atoms with van der Waals surface area (Å²) in [6, 6.07) is 3.98. The maximum Gasteiger partial charge on any atom is 0.224 e. The van der Waals surface area contributed by atoms with Crippen LogP contribution >= 0.6 is 11.6 Å². The molecule has 1 aromatic carbocycles. The second kappa shape index (κ2) is 7.25. The zero-order valence-electron chi connectivity index (χ0n) is 14.6. The molecule has 0 saturated carbocycles. The molecule has 0 aliphatic carbocycles. The zero-order valence-corrected chi connectivity index (χ0v) is 15.4. The highest BCUT2D eigenvalue weighted by Crippen LogP contribution is 2.31. The molecule has 0 amide bonds. The largest absolute Gasteiger partial charge is 0.491 e. The van der Waals surface area contributed by atoms with E-state index in [2.05, 4.69) is 20.4 Å². The third kappa shape index (κ3) is 3.67. The molecule has 25 heavy (non-hydrogen) atoms. The Hall–Kier alpha value is -2.38. The molecule has 7 nitrogen and oxygen atoms in total. The van der Waals surface area contributed by atoms with Gasteiger partial charge >= 0.3 is 0 Å². The summed E-state index contributed by atoms with van der Waals surface area (Å²) in [6.07, 6.45) is 1.67. The molecule has 2 aromatic heterocycles.